The summed E-state index contributed by atoms with van der Waals surface area (Å²) in [4.78, 5) is 25.4. The maximum absolute atomic E-state index is 12.3. The number of nitrogens with one attached hydrogen (secondary N) is 1. The van der Waals surface area contributed by atoms with Crippen LogP contribution in [0.3, 0.4) is 0 Å². The zero-order chi connectivity index (χ0) is 16.8. The van der Waals surface area contributed by atoms with Gasteiger partial charge in [-0.05, 0) is 29.3 Å². The molecule has 1 heterocycles. The maximum atomic E-state index is 12.3. The minimum absolute atomic E-state index is 0.0857. The Hall–Kier alpha value is -2.54. The lowest BCUT2D eigenvalue weighted by Crippen LogP contribution is -2.38. The normalized spacial score (nSPS) is 13.3. The van der Waals surface area contributed by atoms with E-state index in [1.54, 1.807) is 31.5 Å². The minimum Gasteiger partial charge on any atom is -0.493 e. The summed E-state index contributed by atoms with van der Waals surface area (Å²) in [5, 5.41) is 11.2. The summed E-state index contributed by atoms with van der Waals surface area (Å²) < 4.78 is 10.5. The molecule has 0 saturated carbocycles. The molecular formula is C16H20N2O5. The molecule has 0 spiro atoms. The number of amides is 2. The van der Waals surface area contributed by atoms with Gasteiger partial charge in [-0.15, -0.1) is 0 Å². The third-order valence-corrected chi connectivity index (χ3v) is 3.49. The number of aliphatic hydroxyl groups excluding tert-OH is 1. The molecule has 0 fully saturated rings. The fourth-order valence-electron chi connectivity index (χ4n) is 2.31. The molecule has 0 radical (unpaired) electrons. The molecule has 2 rings (SSSR count). The third-order valence-electron chi connectivity index (χ3n) is 3.49. The number of benzene rings is 1. The summed E-state index contributed by atoms with van der Waals surface area (Å²) in [6.07, 6.45) is 3.51. The molecule has 23 heavy (non-hydrogen) atoms. The molecule has 0 saturated heterocycles. The van der Waals surface area contributed by atoms with Crippen molar-refractivity contribution in [2.24, 2.45) is 0 Å². The molecule has 1 aromatic rings. The third kappa shape index (κ3) is 4.01. The smallest absolute Gasteiger partial charge is 0.240 e. The van der Waals surface area contributed by atoms with E-state index in [2.05, 4.69) is 5.32 Å². The van der Waals surface area contributed by atoms with Crippen LogP contribution in [0.15, 0.2) is 18.3 Å². The van der Waals surface area contributed by atoms with Gasteiger partial charge in [-0.2, -0.15) is 0 Å². The number of carbonyl (C=O) groups excluding carboxylic acids is 2. The van der Waals surface area contributed by atoms with Gasteiger partial charge in [-0.25, -0.2) is 0 Å². The molecule has 2 amide bonds. The van der Waals surface area contributed by atoms with Crippen LogP contribution >= 0.6 is 0 Å². The second kappa shape index (κ2) is 7.64. The summed E-state index contributed by atoms with van der Waals surface area (Å²) in [7, 11) is 3.09. The monoisotopic (exact) mass is 320 g/mol. The first-order valence-corrected chi connectivity index (χ1v) is 7.19. The second-order valence-corrected chi connectivity index (χ2v) is 4.99. The lowest BCUT2D eigenvalue weighted by Gasteiger charge is -2.16. The Bertz CT molecular complexity index is 627. The van der Waals surface area contributed by atoms with Gasteiger partial charge < -0.3 is 24.8 Å². The van der Waals surface area contributed by atoms with Crippen LogP contribution in [0, 0.1) is 0 Å². The Balaban J connectivity index is 2.19. The van der Waals surface area contributed by atoms with Crippen molar-refractivity contribution >= 4 is 17.9 Å². The van der Waals surface area contributed by atoms with Crippen molar-refractivity contribution in [3.8, 4) is 11.5 Å². The molecule has 1 aliphatic heterocycles. The van der Waals surface area contributed by atoms with E-state index < -0.39 is 0 Å². The average molecular weight is 320 g/mol. The second-order valence-electron chi connectivity index (χ2n) is 4.99. The highest BCUT2D eigenvalue weighted by Crippen LogP contribution is 2.32. The van der Waals surface area contributed by atoms with E-state index in [0.717, 1.165) is 11.1 Å². The number of fused-ring (bicyclic) bond motifs is 1. The number of carbonyl (C=O) groups is 2. The van der Waals surface area contributed by atoms with Crippen molar-refractivity contribution in [1.29, 1.82) is 0 Å². The van der Waals surface area contributed by atoms with Gasteiger partial charge in [0.2, 0.25) is 11.8 Å². The Morgan fingerprint density at radius 1 is 1.30 bits per heavy atom. The zero-order valence-corrected chi connectivity index (χ0v) is 13.2. The first kappa shape index (κ1) is 16.8. The number of aliphatic hydroxyl groups is 1. The quantitative estimate of drug-likeness (QED) is 0.780. The maximum Gasteiger partial charge on any atom is 0.240 e. The molecule has 0 atom stereocenters. The van der Waals surface area contributed by atoms with Crippen molar-refractivity contribution in [2.45, 2.75) is 6.42 Å². The molecule has 1 aromatic carbocycles. The van der Waals surface area contributed by atoms with Gasteiger partial charge in [-0.1, -0.05) is 0 Å². The predicted octanol–water partition coefficient (Wildman–Crippen LogP) is 0.168. The van der Waals surface area contributed by atoms with E-state index in [-0.39, 0.29) is 37.9 Å². The van der Waals surface area contributed by atoms with Crippen LogP contribution in [0.1, 0.15) is 11.1 Å². The Kier molecular flexibility index (Phi) is 5.59. The minimum atomic E-state index is -0.321. The van der Waals surface area contributed by atoms with E-state index in [9.17, 15) is 9.59 Å². The lowest BCUT2D eigenvalue weighted by atomic mass is 10.0. The Morgan fingerprint density at radius 2 is 2.00 bits per heavy atom. The van der Waals surface area contributed by atoms with Crippen molar-refractivity contribution in [2.75, 3.05) is 33.9 Å². The predicted molar refractivity (Wildman–Crippen MR) is 84.1 cm³/mol. The molecular weight excluding hydrogens is 300 g/mol. The standard InChI is InChI=1S/C16H20N2O5/c1-22-13-7-11-3-5-18(10-15(20)17-4-6-19)16(21)9-12(11)8-14(13)23-2/h3,5,7-8,19H,4,6,9-10H2,1-2H3,(H,17,20). The number of nitrogens with zero attached hydrogens (tertiary/aromatic N) is 1. The Morgan fingerprint density at radius 3 is 2.65 bits per heavy atom. The van der Waals surface area contributed by atoms with Crippen LogP contribution in [0.25, 0.3) is 6.08 Å². The first-order valence-electron chi connectivity index (χ1n) is 7.19. The fraction of sp³-hybridized carbons (Fsp3) is 0.375. The SMILES string of the molecule is COc1cc2c(cc1OC)CC(=O)N(CC(=O)NCCO)C=C2. The molecule has 0 unspecified atom stereocenters. The molecule has 124 valence electrons. The number of hydrogen-bond acceptors (Lipinski definition) is 5. The van der Waals surface area contributed by atoms with Crippen LogP contribution in [-0.2, 0) is 16.0 Å². The molecule has 0 bridgehead atoms. The van der Waals surface area contributed by atoms with Crippen molar-refractivity contribution < 1.29 is 24.2 Å². The highest BCUT2D eigenvalue weighted by molar-refractivity contribution is 5.89. The van der Waals surface area contributed by atoms with Crippen LogP contribution in [0.2, 0.25) is 0 Å². The van der Waals surface area contributed by atoms with E-state index in [4.69, 9.17) is 14.6 Å². The van der Waals surface area contributed by atoms with Crippen molar-refractivity contribution in [3.63, 3.8) is 0 Å². The largest absolute Gasteiger partial charge is 0.493 e. The summed E-state index contributed by atoms with van der Waals surface area (Å²) in [5.41, 5.74) is 1.65. The lowest BCUT2D eigenvalue weighted by molar-refractivity contribution is -0.132. The number of methoxy groups -OCH3 is 2. The van der Waals surface area contributed by atoms with Gasteiger partial charge in [-0.3, -0.25) is 9.59 Å². The molecule has 7 nitrogen and oxygen atoms in total. The number of rotatable bonds is 6. The highest BCUT2D eigenvalue weighted by Gasteiger charge is 2.21. The van der Waals surface area contributed by atoms with Gasteiger partial charge in [0.05, 0.1) is 27.2 Å². The molecule has 0 aromatic heterocycles. The fourth-order valence-corrected chi connectivity index (χ4v) is 2.31. The van der Waals surface area contributed by atoms with Gasteiger partial charge in [0.15, 0.2) is 11.5 Å². The van der Waals surface area contributed by atoms with E-state index >= 15 is 0 Å². The first-order chi connectivity index (χ1) is 11.1. The van der Waals surface area contributed by atoms with Gasteiger partial charge >= 0.3 is 0 Å². The van der Waals surface area contributed by atoms with E-state index in [1.807, 2.05) is 0 Å². The van der Waals surface area contributed by atoms with E-state index in [1.165, 1.54) is 12.0 Å². The summed E-state index contributed by atoms with van der Waals surface area (Å²) in [6, 6.07) is 3.57. The van der Waals surface area contributed by atoms with Gasteiger partial charge in [0.1, 0.15) is 6.54 Å². The number of hydrogen-bond donors (Lipinski definition) is 2. The van der Waals surface area contributed by atoms with Crippen LogP contribution in [0.4, 0.5) is 0 Å². The van der Waals surface area contributed by atoms with Crippen LogP contribution < -0.4 is 14.8 Å². The van der Waals surface area contributed by atoms with Gasteiger partial charge in [0, 0.05) is 12.7 Å². The topological polar surface area (TPSA) is 88.1 Å². The molecule has 1 aliphatic rings. The van der Waals surface area contributed by atoms with Crippen LogP contribution in [-0.4, -0.2) is 55.7 Å². The van der Waals surface area contributed by atoms with Gasteiger partial charge in [0.25, 0.3) is 0 Å². The van der Waals surface area contributed by atoms with Crippen LogP contribution in [0.5, 0.6) is 11.5 Å². The summed E-state index contributed by atoms with van der Waals surface area (Å²) in [6.45, 7) is -0.0582. The average Bonchev–Trinajstić information content (AvgIpc) is 2.70. The molecule has 7 heteroatoms. The van der Waals surface area contributed by atoms with Crippen molar-refractivity contribution in [1.82, 2.24) is 10.2 Å². The van der Waals surface area contributed by atoms with E-state index in [0.29, 0.717) is 11.5 Å². The summed E-state index contributed by atoms with van der Waals surface area (Å²) in [5.74, 6) is 0.628. The summed E-state index contributed by atoms with van der Waals surface area (Å²) >= 11 is 0. The molecule has 0 aliphatic carbocycles. The highest BCUT2D eigenvalue weighted by atomic mass is 16.5. The van der Waals surface area contributed by atoms with Crippen molar-refractivity contribution in [3.05, 3.63) is 29.5 Å². The molecule has 2 N–H and O–H groups in total. The Labute approximate surface area is 134 Å². The number of ether oxygens (including phenoxy) is 2. The zero-order valence-electron chi connectivity index (χ0n) is 13.2.